The number of benzene rings is 2. The molecule has 1 fully saturated rings. The van der Waals surface area contributed by atoms with E-state index in [0.29, 0.717) is 18.6 Å². The van der Waals surface area contributed by atoms with Crippen LogP contribution in [-0.2, 0) is 21.0 Å². The van der Waals surface area contributed by atoms with E-state index in [2.05, 4.69) is 5.32 Å². The summed E-state index contributed by atoms with van der Waals surface area (Å²) < 4.78 is 71.9. The monoisotopic (exact) mass is 476 g/mol. The summed E-state index contributed by atoms with van der Waals surface area (Å²) in [5, 5.41) is 2.17. The molecule has 1 aliphatic heterocycles. The third-order valence-electron chi connectivity index (χ3n) is 5.00. The summed E-state index contributed by atoms with van der Waals surface area (Å²) in [5.41, 5.74) is -1.48. The van der Waals surface area contributed by atoms with Crippen molar-refractivity contribution in [3.63, 3.8) is 0 Å². The van der Waals surface area contributed by atoms with Crippen molar-refractivity contribution < 1.29 is 31.1 Å². The number of nitrogens with zero attached hydrogens (tertiary/aromatic N) is 1. The number of anilines is 1. The van der Waals surface area contributed by atoms with Gasteiger partial charge >= 0.3 is 6.18 Å². The zero-order chi connectivity index (χ0) is 22.8. The number of methoxy groups -OCH3 is 1. The van der Waals surface area contributed by atoms with Gasteiger partial charge in [-0.3, -0.25) is 4.79 Å². The Morgan fingerprint density at radius 1 is 1.19 bits per heavy atom. The normalized spacial score (nSPS) is 17.9. The first-order valence-electron chi connectivity index (χ1n) is 9.34. The van der Waals surface area contributed by atoms with E-state index in [1.54, 1.807) is 0 Å². The molecule has 1 aliphatic rings. The van der Waals surface area contributed by atoms with Crippen LogP contribution < -0.4 is 10.1 Å². The number of ether oxygens (including phenoxy) is 1. The maximum absolute atomic E-state index is 13.3. The predicted molar refractivity (Wildman–Crippen MR) is 110 cm³/mol. The number of nitrogens with one attached hydrogen (secondary N) is 1. The van der Waals surface area contributed by atoms with Crippen molar-refractivity contribution >= 4 is 33.2 Å². The molecule has 168 valence electrons. The summed E-state index contributed by atoms with van der Waals surface area (Å²) in [6.45, 7) is 0.0853. The topological polar surface area (TPSA) is 75.7 Å². The Bertz CT molecular complexity index is 1060. The predicted octanol–water partition coefficient (Wildman–Crippen LogP) is 4.41. The molecule has 0 unspecified atom stereocenters. The fourth-order valence-electron chi connectivity index (χ4n) is 3.37. The lowest BCUT2D eigenvalue weighted by Crippen LogP contribution is -2.43. The number of carbonyl (C=O) groups excluding carboxylic acids is 1. The van der Waals surface area contributed by atoms with Gasteiger partial charge in [-0.15, -0.1) is 0 Å². The molecule has 0 radical (unpaired) electrons. The van der Waals surface area contributed by atoms with Crippen LogP contribution in [0.5, 0.6) is 5.75 Å². The van der Waals surface area contributed by atoms with Crippen molar-refractivity contribution in [3.8, 4) is 5.75 Å². The second-order valence-electron chi connectivity index (χ2n) is 7.05. The lowest BCUT2D eigenvalue weighted by atomic mass is 9.98. The number of hydrogen-bond donors (Lipinski definition) is 1. The van der Waals surface area contributed by atoms with Gasteiger partial charge in [-0.25, -0.2) is 8.42 Å². The van der Waals surface area contributed by atoms with E-state index in [-0.39, 0.29) is 23.0 Å². The molecule has 0 bridgehead atoms. The Kier molecular flexibility index (Phi) is 6.82. The van der Waals surface area contributed by atoms with Crippen molar-refractivity contribution in [2.24, 2.45) is 5.92 Å². The van der Waals surface area contributed by atoms with Crippen LogP contribution in [0, 0.1) is 5.92 Å². The molecule has 31 heavy (non-hydrogen) atoms. The largest absolute Gasteiger partial charge is 0.497 e. The molecule has 1 amide bonds. The van der Waals surface area contributed by atoms with Crippen LogP contribution >= 0.6 is 11.6 Å². The molecule has 2 aromatic rings. The third-order valence-corrected chi connectivity index (χ3v) is 7.11. The Hall–Kier alpha value is -2.30. The number of amides is 1. The molecule has 2 aromatic carbocycles. The van der Waals surface area contributed by atoms with E-state index >= 15 is 0 Å². The van der Waals surface area contributed by atoms with Crippen molar-refractivity contribution in [1.82, 2.24) is 4.31 Å². The third kappa shape index (κ3) is 5.31. The quantitative estimate of drug-likeness (QED) is 0.693. The van der Waals surface area contributed by atoms with Gasteiger partial charge in [0, 0.05) is 18.1 Å². The molecule has 0 saturated carbocycles. The summed E-state index contributed by atoms with van der Waals surface area (Å²) in [4.78, 5) is 12.7. The Morgan fingerprint density at radius 2 is 1.87 bits per heavy atom. The molecule has 1 saturated heterocycles. The summed E-state index contributed by atoms with van der Waals surface area (Å²) in [6.07, 6.45) is -3.94. The Labute approximate surface area is 183 Å². The standard InChI is InChI=1S/C20H20ClF3N2O4S/c1-30-15-5-7-16(8-6-15)31(28,29)26-10-2-3-13(12-26)19(27)25-18-9-4-14(21)11-17(18)20(22,23)24/h4-9,11,13H,2-3,10,12H2,1H3,(H,25,27)/t13-/m1/s1. The minimum absolute atomic E-state index is 0.0476. The molecule has 1 atom stereocenters. The van der Waals surface area contributed by atoms with Gasteiger partial charge in [-0.1, -0.05) is 11.6 Å². The van der Waals surface area contributed by atoms with Gasteiger partial charge in [0.05, 0.1) is 29.2 Å². The van der Waals surface area contributed by atoms with E-state index < -0.39 is 39.3 Å². The van der Waals surface area contributed by atoms with E-state index in [1.165, 1.54) is 41.7 Å². The smallest absolute Gasteiger partial charge is 0.418 e. The zero-order valence-electron chi connectivity index (χ0n) is 16.4. The molecule has 3 rings (SSSR count). The highest BCUT2D eigenvalue weighted by Gasteiger charge is 2.36. The molecule has 0 aliphatic carbocycles. The van der Waals surface area contributed by atoms with Crippen molar-refractivity contribution in [3.05, 3.63) is 53.1 Å². The first kappa shape index (κ1) is 23.4. The van der Waals surface area contributed by atoms with Gasteiger partial charge in [0.1, 0.15) is 5.75 Å². The van der Waals surface area contributed by atoms with Crippen LogP contribution in [0.15, 0.2) is 47.4 Å². The molecule has 6 nitrogen and oxygen atoms in total. The number of halogens is 4. The highest BCUT2D eigenvalue weighted by atomic mass is 35.5. The van der Waals surface area contributed by atoms with Crippen LogP contribution in [0.3, 0.4) is 0 Å². The average Bonchev–Trinajstić information content (AvgIpc) is 2.74. The maximum Gasteiger partial charge on any atom is 0.418 e. The minimum Gasteiger partial charge on any atom is -0.497 e. The van der Waals surface area contributed by atoms with Crippen LogP contribution in [0.4, 0.5) is 18.9 Å². The molecule has 1 heterocycles. The van der Waals surface area contributed by atoms with Crippen LogP contribution in [0.2, 0.25) is 5.02 Å². The number of piperidine rings is 1. The Morgan fingerprint density at radius 3 is 2.48 bits per heavy atom. The number of rotatable bonds is 5. The number of sulfonamides is 1. The SMILES string of the molecule is COc1ccc(S(=O)(=O)N2CCC[C@@H](C(=O)Nc3ccc(Cl)cc3C(F)(F)F)C2)cc1. The second-order valence-corrected chi connectivity index (χ2v) is 9.43. The molecule has 1 N–H and O–H groups in total. The van der Waals surface area contributed by atoms with Crippen molar-refractivity contribution in [2.45, 2.75) is 23.9 Å². The Balaban J connectivity index is 1.77. The fourth-order valence-corrected chi connectivity index (χ4v) is 5.06. The van der Waals surface area contributed by atoms with E-state index in [9.17, 15) is 26.4 Å². The summed E-state index contributed by atoms with van der Waals surface area (Å²) in [6, 6.07) is 8.90. The first-order chi connectivity index (χ1) is 14.5. The van der Waals surface area contributed by atoms with Gasteiger partial charge in [-0.2, -0.15) is 17.5 Å². The van der Waals surface area contributed by atoms with E-state index in [1.807, 2.05) is 0 Å². The van der Waals surface area contributed by atoms with Gasteiger partial charge in [0.15, 0.2) is 0 Å². The first-order valence-corrected chi connectivity index (χ1v) is 11.2. The zero-order valence-corrected chi connectivity index (χ0v) is 18.0. The van der Waals surface area contributed by atoms with Gasteiger partial charge in [0.2, 0.25) is 15.9 Å². The van der Waals surface area contributed by atoms with Crippen molar-refractivity contribution in [1.29, 1.82) is 0 Å². The summed E-state index contributed by atoms with van der Waals surface area (Å²) >= 11 is 5.66. The highest BCUT2D eigenvalue weighted by molar-refractivity contribution is 7.89. The van der Waals surface area contributed by atoms with Crippen LogP contribution in [0.25, 0.3) is 0 Å². The summed E-state index contributed by atoms with van der Waals surface area (Å²) in [5.74, 6) is -0.973. The molecular weight excluding hydrogens is 457 g/mol. The molecular formula is C20H20ClF3N2O4S. The van der Waals surface area contributed by atoms with Gasteiger partial charge in [0.25, 0.3) is 0 Å². The maximum atomic E-state index is 13.3. The fraction of sp³-hybridized carbons (Fsp3) is 0.350. The molecule has 0 aromatic heterocycles. The lowest BCUT2D eigenvalue weighted by molar-refractivity contribution is -0.137. The summed E-state index contributed by atoms with van der Waals surface area (Å²) in [7, 11) is -2.40. The number of alkyl halides is 3. The van der Waals surface area contributed by atoms with Gasteiger partial charge < -0.3 is 10.1 Å². The van der Waals surface area contributed by atoms with E-state index in [4.69, 9.17) is 16.3 Å². The van der Waals surface area contributed by atoms with E-state index in [0.717, 1.165) is 12.1 Å². The van der Waals surface area contributed by atoms with Crippen molar-refractivity contribution in [2.75, 3.05) is 25.5 Å². The van der Waals surface area contributed by atoms with Crippen LogP contribution in [0.1, 0.15) is 18.4 Å². The minimum atomic E-state index is -4.70. The molecule has 11 heteroatoms. The average molecular weight is 477 g/mol. The number of hydrogen-bond acceptors (Lipinski definition) is 4. The second kappa shape index (κ2) is 9.05. The molecule has 0 spiro atoms. The highest BCUT2D eigenvalue weighted by Crippen LogP contribution is 2.37. The van der Waals surface area contributed by atoms with Crippen LogP contribution in [-0.4, -0.2) is 38.8 Å². The lowest BCUT2D eigenvalue weighted by Gasteiger charge is -2.31. The number of carbonyl (C=O) groups is 1. The van der Waals surface area contributed by atoms with Gasteiger partial charge in [-0.05, 0) is 55.3 Å².